The molecule has 0 saturated heterocycles. The molecule has 0 amide bonds. The Hall–Kier alpha value is -1.94. The second-order valence-corrected chi connectivity index (χ2v) is 7.65. The molecule has 0 aromatic heterocycles. The topological polar surface area (TPSA) is 51.2 Å². The summed E-state index contributed by atoms with van der Waals surface area (Å²) in [7, 11) is -2.67. The molecule has 136 valence electrons. The summed E-state index contributed by atoms with van der Waals surface area (Å²) in [5, 5.41) is 0. The minimum atomic E-state index is -2.67. The molecule has 0 heterocycles. The third-order valence-corrected chi connectivity index (χ3v) is 1.88. The van der Waals surface area contributed by atoms with Crippen molar-refractivity contribution in [1.82, 2.24) is 0 Å². The normalized spacial score (nSPS) is 8.58. The first kappa shape index (κ1) is 26.9. The van der Waals surface area contributed by atoms with E-state index in [9.17, 15) is 13.2 Å². The van der Waals surface area contributed by atoms with Gasteiger partial charge < -0.3 is 4.79 Å². The first-order chi connectivity index (χ1) is 10.5. The molecule has 0 atom stereocenters. The maximum atomic E-state index is 9.63. The number of rotatable bonds is 0. The fourth-order valence-electron chi connectivity index (χ4n) is 1.07. The van der Waals surface area contributed by atoms with E-state index in [0.29, 0.717) is 0 Å². The molecule has 2 aromatic rings. The number of aryl methyl sites for hydroxylation is 2. The molecule has 0 radical (unpaired) electrons. The second-order valence-electron chi connectivity index (χ2n) is 5.36. The average molecular weight is 353 g/mol. The summed E-state index contributed by atoms with van der Waals surface area (Å²) in [5.74, 6) is 0.167. The molecule has 0 aliphatic rings. The molecule has 2 aromatic carbocycles. The lowest BCUT2D eigenvalue weighted by molar-refractivity contribution is -0.114. The van der Waals surface area contributed by atoms with Crippen LogP contribution in [0.4, 0.5) is 0 Å². The van der Waals surface area contributed by atoms with Crippen molar-refractivity contribution < 1.29 is 13.2 Å². The van der Waals surface area contributed by atoms with Gasteiger partial charge in [-0.1, -0.05) is 79.2 Å². The summed E-state index contributed by atoms with van der Waals surface area (Å²) in [4.78, 5) is 9.44. The van der Waals surface area contributed by atoms with Crippen LogP contribution in [0.2, 0.25) is 0 Å². The Morgan fingerprint density at radius 2 is 0.875 bits per heavy atom. The van der Waals surface area contributed by atoms with Gasteiger partial charge in [0.2, 0.25) is 0 Å². The van der Waals surface area contributed by atoms with Gasteiger partial charge in [0, 0.05) is 12.5 Å². The predicted molar refractivity (Wildman–Crippen MR) is 106 cm³/mol. The van der Waals surface area contributed by atoms with Gasteiger partial charge in [0.25, 0.3) is 0 Å². The summed E-state index contributed by atoms with van der Waals surface area (Å²) in [6.07, 6.45) is 2.32. The maximum Gasteiger partial charge on any atom is 0.144 e. The Balaban J connectivity index is -0.000000249. The Bertz CT molecular complexity index is 569. The number of carbonyl (C=O) groups excluding carboxylic acids is 1. The minimum absolute atomic E-state index is 0. The molecule has 0 saturated carbocycles. The standard InChI is InChI=1S/2C7H8.C3H6O.C2H6O2S.CH4/c2*1-7-5-3-2-4-6-7;1-3(2)4;1-5(2,3)4;/h2*2-6H,1H3;1-2H3;1-2H3;1H4. The van der Waals surface area contributed by atoms with E-state index in [2.05, 4.69) is 38.1 Å². The fraction of sp³-hybridized carbons (Fsp3) is 0.350. The van der Waals surface area contributed by atoms with Crippen LogP contribution in [0.25, 0.3) is 0 Å². The van der Waals surface area contributed by atoms with Gasteiger partial charge in [0.1, 0.15) is 15.6 Å². The van der Waals surface area contributed by atoms with Crippen molar-refractivity contribution in [1.29, 1.82) is 0 Å². The average Bonchev–Trinajstić information content (AvgIpc) is 2.38. The molecule has 0 aliphatic heterocycles. The van der Waals surface area contributed by atoms with Crippen LogP contribution in [0.5, 0.6) is 0 Å². The van der Waals surface area contributed by atoms with Gasteiger partial charge in [0.15, 0.2) is 0 Å². The molecule has 0 fully saturated rings. The summed E-state index contributed by atoms with van der Waals surface area (Å²) in [5.41, 5.74) is 2.64. The van der Waals surface area contributed by atoms with Crippen molar-refractivity contribution in [3.8, 4) is 0 Å². The first-order valence-electron chi connectivity index (χ1n) is 7.18. The number of hydrogen-bond donors (Lipinski definition) is 0. The smallest absolute Gasteiger partial charge is 0.144 e. The summed E-state index contributed by atoms with van der Waals surface area (Å²) in [6.45, 7) is 7.22. The van der Waals surface area contributed by atoms with Gasteiger partial charge in [0.05, 0.1) is 0 Å². The van der Waals surface area contributed by atoms with Crippen molar-refractivity contribution in [3.05, 3.63) is 71.8 Å². The minimum Gasteiger partial charge on any atom is -0.300 e. The van der Waals surface area contributed by atoms with E-state index in [1.54, 1.807) is 0 Å². The SMILES string of the molecule is C.CC(C)=O.CS(C)(=O)=O.Cc1ccccc1.Cc1ccccc1. The predicted octanol–water partition coefficient (Wildman–Crippen LogP) is 4.88. The van der Waals surface area contributed by atoms with Crippen LogP contribution >= 0.6 is 0 Å². The van der Waals surface area contributed by atoms with Crippen LogP contribution in [-0.2, 0) is 14.6 Å². The zero-order valence-electron chi connectivity index (χ0n) is 14.9. The number of Topliss-reactive ketones (excluding diaryl/α,β-unsaturated/α-hetero) is 1. The van der Waals surface area contributed by atoms with Gasteiger partial charge in [-0.25, -0.2) is 8.42 Å². The molecular formula is C20H32O3S. The summed E-state index contributed by atoms with van der Waals surface area (Å²) < 4.78 is 19.3. The summed E-state index contributed by atoms with van der Waals surface area (Å²) in [6, 6.07) is 20.5. The van der Waals surface area contributed by atoms with E-state index >= 15 is 0 Å². The van der Waals surface area contributed by atoms with E-state index in [0.717, 1.165) is 12.5 Å². The van der Waals surface area contributed by atoms with Crippen molar-refractivity contribution >= 4 is 15.6 Å². The number of carbonyl (C=O) groups is 1. The zero-order valence-corrected chi connectivity index (χ0v) is 15.7. The monoisotopic (exact) mass is 352 g/mol. The quantitative estimate of drug-likeness (QED) is 0.679. The van der Waals surface area contributed by atoms with Crippen LogP contribution in [0.3, 0.4) is 0 Å². The van der Waals surface area contributed by atoms with Crippen LogP contribution in [0.1, 0.15) is 32.4 Å². The highest BCUT2D eigenvalue weighted by Gasteiger charge is 1.79. The van der Waals surface area contributed by atoms with Crippen LogP contribution in [0.15, 0.2) is 60.7 Å². The first-order valence-corrected chi connectivity index (χ1v) is 9.47. The lowest BCUT2D eigenvalue weighted by Gasteiger charge is -1.82. The van der Waals surface area contributed by atoms with E-state index in [-0.39, 0.29) is 13.2 Å². The van der Waals surface area contributed by atoms with E-state index in [4.69, 9.17) is 0 Å². The Kier molecular flexibility index (Phi) is 17.9. The van der Waals surface area contributed by atoms with E-state index in [1.807, 2.05) is 36.4 Å². The van der Waals surface area contributed by atoms with E-state index in [1.165, 1.54) is 25.0 Å². The molecule has 0 N–H and O–H groups in total. The zero-order chi connectivity index (χ0) is 18.3. The lowest BCUT2D eigenvalue weighted by Crippen LogP contribution is -1.86. The molecule has 3 nitrogen and oxygen atoms in total. The van der Waals surface area contributed by atoms with Gasteiger partial charge in [-0.05, 0) is 27.7 Å². The van der Waals surface area contributed by atoms with E-state index < -0.39 is 9.84 Å². The highest BCUT2D eigenvalue weighted by molar-refractivity contribution is 7.89. The van der Waals surface area contributed by atoms with Crippen LogP contribution < -0.4 is 0 Å². The lowest BCUT2D eigenvalue weighted by atomic mass is 10.2. The number of ketones is 1. The summed E-state index contributed by atoms with van der Waals surface area (Å²) >= 11 is 0. The van der Waals surface area contributed by atoms with Crippen molar-refractivity contribution in [2.75, 3.05) is 12.5 Å². The molecule has 0 bridgehead atoms. The van der Waals surface area contributed by atoms with Crippen LogP contribution in [-0.4, -0.2) is 26.7 Å². The Labute approximate surface area is 148 Å². The highest BCUT2D eigenvalue weighted by Crippen LogP contribution is 1.92. The Morgan fingerprint density at radius 3 is 0.958 bits per heavy atom. The molecule has 2 rings (SSSR count). The van der Waals surface area contributed by atoms with Crippen LogP contribution in [0, 0.1) is 13.8 Å². The third-order valence-electron chi connectivity index (χ3n) is 1.88. The molecule has 24 heavy (non-hydrogen) atoms. The third kappa shape index (κ3) is 36.9. The van der Waals surface area contributed by atoms with Gasteiger partial charge in [-0.15, -0.1) is 0 Å². The Morgan fingerprint density at radius 1 is 0.708 bits per heavy atom. The molecule has 0 spiro atoms. The number of hydrogen-bond acceptors (Lipinski definition) is 3. The second kappa shape index (κ2) is 15.9. The molecule has 4 heteroatoms. The molecule has 0 aliphatic carbocycles. The van der Waals surface area contributed by atoms with Crippen molar-refractivity contribution in [2.45, 2.75) is 35.1 Å². The maximum absolute atomic E-state index is 9.63. The highest BCUT2D eigenvalue weighted by atomic mass is 32.2. The molecule has 0 unspecified atom stereocenters. The van der Waals surface area contributed by atoms with Crippen molar-refractivity contribution in [3.63, 3.8) is 0 Å². The number of benzene rings is 2. The molecular weight excluding hydrogens is 320 g/mol. The fourth-order valence-corrected chi connectivity index (χ4v) is 1.07. The van der Waals surface area contributed by atoms with Crippen molar-refractivity contribution in [2.24, 2.45) is 0 Å². The van der Waals surface area contributed by atoms with Gasteiger partial charge in [-0.2, -0.15) is 0 Å². The van der Waals surface area contributed by atoms with Gasteiger partial charge in [-0.3, -0.25) is 0 Å². The van der Waals surface area contributed by atoms with Gasteiger partial charge >= 0.3 is 0 Å². The number of sulfone groups is 1. The largest absolute Gasteiger partial charge is 0.300 e.